The van der Waals surface area contributed by atoms with Crippen LogP contribution in [0.1, 0.15) is 0 Å². The monoisotopic (exact) mass is 563 g/mol. The number of benzene rings is 7. The van der Waals surface area contributed by atoms with E-state index < -0.39 is 0 Å². The first-order chi connectivity index (χ1) is 21.7. The number of anilines is 2. The van der Waals surface area contributed by atoms with E-state index in [4.69, 9.17) is 4.42 Å². The van der Waals surface area contributed by atoms with Gasteiger partial charge in [-0.25, -0.2) is 0 Å². The lowest BCUT2D eigenvalue weighted by molar-refractivity contribution is 0.670. The summed E-state index contributed by atoms with van der Waals surface area (Å²) in [6.07, 6.45) is 5.68. The third-order valence-corrected chi connectivity index (χ3v) is 8.56. The Balaban J connectivity index is 1.37. The summed E-state index contributed by atoms with van der Waals surface area (Å²) in [5.74, 6) is 0. The fraction of sp³-hybridized carbons (Fsp3) is 0. The van der Waals surface area contributed by atoms with Gasteiger partial charge in [-0.2, -0.15) is 0 Å². The number of para-hydroxylation sites is 3. The van der Waals surface area contributed by atoms with Gasteiger partial charge in [-0.15, -0.1) is 0 Å². The summed E-state index contributed by atoms with van der Waals surface area (Å²) >= 11 is 0. The molecule has 0 N–H and O–H groups in total. The summed E-state index contributed by atoms with van der Waals surface area (Å²) in [4.78, 5) is 2.23. The Morgan fingerprint density at radius 1 is 0.523 bits per heavy atom. The Bertz CT molecular complexity index is 2410. The van der Waals surface area contributed by atoms with Crippen LogP contribution in [0.4, 0.5) is 11.4 Å². The van der Waals surface area contributed by atoms with E-state index in [1.165, 1.54) is 32.3 Å². The van der Waals surface area contributed by atoms with Gasteiger partial charge >= 0.3 is 0 Å². The highest BCUT2D eigenvalue weighted by atomic mass is 16.3. The Hall–Kier alpha value is -5.86. The van der Waals surface area contributed by atoms with Gasteiger partial charge in [0.15, 0.2) is 0 Å². The van der Waals surface area contributed by atoms with Crippen LogP contribution in [0.3, 0.4) is 0 Å². The normalized spacial score (nSPS) is 12.0. The van der Waals surface area contributed by atoms with Crippen LogP contribution in [0.25, 0.3) is 65.4 Å². The van der Waals surface area contributed by atoms with Gasteiger partial charge in [0.1, 0.15) is 11.2 Å². The molecule has 8 rings (SSSR count). The second-order valence-corrected chi connectivity index (χ2v) is 11.0. The van der Waals surface area contributed by atoms with Gasteiger partial charge < -0.3 is 9.32 Å². The predicted octanol–water partition coefficient (Wildman–Crippen LogP) is 12.1. The Kier molecular flexibility index (Phi) is 6.13. The van der Waals surface area contributed by atoms with E-state index in [9.17, 15) is 0 Å². The van der Waals surface area contributed by atoms with Crippen molar-refractivity contribution in [3.63, 3.8) is 0 Å². The minimum absolute atomic E-state index is 0.912. The molecule has 0 bridgehead atoms. The number of nitrogens with zero attached hydrogens (tertiary/aromatic N) is 1. The molecule has 0 saturated heterocycles. The summed E-state index contributed by atoms with van der Waals surface area (Å²) in [6.45, 7) is 8.05. The molecule has 2 nitrogen and oxygen atoms in total. The average molecular weight is 564 g/mol. The van der Waals surface area contributed by atoms with Crippen molar-refractivity contribution in [2.75, 3.05) is 4.90 Å². The number of hydrogen-bond donors (Lipinski definition) is 0. The maximum Gasteiger partial charge on any atom is 0.143 e. The second-order valence-electron chi connectivity index (χ2n) is 11.0. The molecule has 0 aliphatic heterocycles. The molecule has 1 aromatic heterocycles. The third-order valence-electron chi connectivity index (χ3n) is 8.56. The zero-order chi connectivity index (χ0) is 29.6. The van der Waals surface area contributed by atoms with Crippen LogP contribution in [0.5, 0.6) is 0 Å². The van der Waals surface area contributed by atoms with Crippen LogP contribution in [-0.4, -0.2) is 0 Å². The largest absolute Gasteiger partial charge is 0.455 e. The minimum atomic E-state index is 0.912. The SMILES string of the molecule is C=C/C=C(\C=C)N(c1ccccc1)c1ccc2c3ccc(-c4cccc5c4oc4ccccc45)cc3c3ccccc3c2c1. The molecule has 44 heavy (non-hydrogen) atoms. The number of furan rings is 1. The van der Waals surface area contributed by atoms with E-state index in [-0.39, 0.29) is 0 Å². The molecule has 0 atom stereocenters. The van der Waals surface area contributed by atoms with Crippen LogP contribution >= 0.6 is 0 Å². The maximum atomic E-state index is 6.40. The van der Waals surface area contributed by atoms with E-state index in [2.05, 4.69) is 133 Å². The van der Waals surface area contributed by atoms with Crippen molar-refractivity contribution in [3.8, 4) is 11.1 Å². The molecular formula is C42H29NO. The first-order valence-corrected chi connectivity index (χ1v) is 14.8. The highest BCUT2D eigenvalue weighted by Gasteiger charge is 2.17. The predicted molar refractivity (Wildman–Crippen MR) is 189 cm³/mol. The standard InChI is InChI=1S/C42H29NO/c1-3-13-29(4-2)43(30-14-6-5-7-15-30)31-23-25-36-35-24-22-28(26-39(35)33-16-8-9-17-34(33)40(36)27-31)32-19-12-20-38-37-18-10-11-21-41(37)44-42(32)38/h3-27H,1-2H2/b29-13+. The molecule has 8 aromatic rings. The lowest BCUT2D eigenvalue weighted by Crippen LogP contribution is -2.14. The first kappa shape index (κ1) is 25.8. The molecule has 0 spiro atoms. The number of fused-ring (bicyclic) bond motifs is 9. The quantitative estimate of drug-likeness (QED) is 0.148. The lowest BCUT2D eigenvalue weighted by Gasteiger charge is -2.27. The highest BCUT2D eigenvalue weighted by molar-refractivity contribution is 6.26. The van der Waals surface area contributed by atoms with E-state index in [1.54, 1.807) is 6.08 Å². The minimum Gasteiger partial charge on any atom is -0.455 e. The van der Waals surface area contributed by atoms with Crippen molar-refractivity contribution in [3.05, 3.63) is 171 Å². The number of hydrogen-bond acceptors (Lipinski definition) is 2. The smallest absolute Gasteiger partial charge is 0.143 e. The number of rotatable bonds is 6. The summed E-state index contributed by atoms with van der Waals surface area (Å²) in [5.41, 5.74) is 7.17. The molecule has 7 aromatic carbocycles. The van der Waals surface area contributed by atoms with E-state index in [0.29, 0.717) is 0 Å². The van der Waals surface area contributed by atoms with Crippen LogP contribution in [0, 0.1) is 0 Å². The summed E-state index contributed by atoms with van der Waals surface area (Å²) < 4.78 is 6.40. The Morgan fingerprint density at radius 2 is 1.16 bits per heavy atom. The van der Waals surface area contributed by atoms with Crippen LogP contribution < -0.4 is 4.90 Å². The molecule has 0 aliphatic rings. The first-order valence-electron chi connectivity index (χ1n) is 14.8. The molecule has 0 amide bonds. The highest BCUT2D eigenvalue weighted by Crippen LogP contribution is 2.42. The van der Waals surface area contributed by atoms with Crippen molar-refractivity contribution < 1.29 is 4.42 Å². The average Bonchev–Trinajstić information content (AvgIpc) is 3.47. The topological polar surface area (TPSA) is 16.4 Å². The van der Waals surface area contributed by atoms with Crippen LogP contribution in [-0.2, 0) is 0 Å². The summed E-state index contributed by atoms with van der Waals surface area (Å²) in [7, 11) is 0. The molecule has 1 heterocycles. The van der Waals surface area contributed by atoms with Gasteiger partial charge in [0.05, 0.1) is 0 Å². The molecule has 0 fully saturated rings. The second kappa shape index (κ2) is 10.4. The fourth-order valence-corrected chi connectivity index (χ4v) is 6.60. The van der Waals surface area contributed by atoms with Crippen molar-refractivity contribution in [2.24, 2.45) is 0 Å². The van der Waals surface area contributed by atoms with E-state index >= 15 is 0 Å². The van der Waals surface area contributed by atoms with E-state index in [0.717, 1.165) is 50.1 Å². The molecule has 0 saturated carbocycles. The van der Waals surface area contributed by atoms with Gasteiger partial charge in [0.25, 0.3) is 0 Å². The lowest BCUT2D eigenvalue weighted by atomic mass is 9.91. The number of allylic oxidation sites excluding steroid dienone is 3. The maximum absolute atomic E-state index is 6.40. The molecule has 0 unspecified atom stereocenters. The molecule has 2 heteroatoms. The van der Waals surface area contributed by atoms with Gasteiger partial charge in [0.2, 0.25) is 0 Å². The molecule has 208 valence electrons. The zero-order valence-electron chi connectivity index (χ0n) is 24.2. The Morgan fingerprint density at radius 3 is 1.91 bits per heavy atom. The molecule has 0 radical (unpaired) electrons. The van der Waals surface area contributed by atoms with Crippen molar-refractivity contribution >= 4 is 65.6 Å². The molecule has 0 aliphatic carbocycles. The fourth-order valence-electron chi connectivity index (χ4n) is 6.60. The van der Waals surface area contributed by atoms with Crippen molar-refractivity contribution in [2.45, 2.75) is 0 Å². The summed E-state index contributed by atoms with van der Waals surface area (Å²) in [5, 5.41) is 9.61. The third kappa shape index (κ3) is 4.04. The van der Waals surface area contributed by atoms with E-state index in [1.807, 2.05) is 30.4 Å². The summed E-state index contributed by atoms with van der Waals surface area (Å²) in [6, 6.07) is 47.4. The zero-order valence-corrected chi connectivity index (χ0v) is 24.2. The van der Waals surface area contributed by atoms with Crippen LogP contribution in [0.15, 0.2) is 175 Å². The van der Waals surface area contributed by atoms with Crippen molar-refractivity contribution in [1.29, 1.82) is 0 Å². The van der Waals surface area contributed by atoms with Gasteiger partial charge in [0, 0.05) is 33.4 Å². The van der Waals surface area contributed by atoms with Crippen molar-refractivity contribution in [1.82, 2.24) is 0 Å². The van der Waals surface area contributed by atoms with Gasteiger partial charge in [-0.1, -0.05) is 116 Å². The van der Waals surface area contributed by atoms with Crippen LogP contribution in [0.2, 0.25) is 0 Å². The Labute approximate surface area is 256 Å². The molecular weight excluding hydrogens is 534 g/mol. The van der Waals surface area contributed by atoms with Gasteiger partial charge in [-0.05, 0) is 86.4 Å². The van der Waals surface area contributed by atoms with Gasteiger partial charge in [-0.3, -0.25) is 0 Å².